The van der Waals surface area contributed by atoms with Gasteiger partial charge in [0.1, 0.15) is 17.7 Å². The number of fused-ring (bicyclic) bond motifs is 1. The number of ether oxygens (including phenoxy) is 1. The topological polar surface area (TPSA) is 98.4 Å². The lowest BCUT2D eigenvalue weighted by atomic mass is 10.0. The Morgan fingerprint density at radius 2 is 1.97 bits per heavy atom. The molecule has 31 heavy (non-hydrogen) atoms. The monoisotopic (exact) mass is 422 g/mol. The summed E-state index contributed by atoms with van der Waals surface area (Å²) < 4.78 is 12.3. The van der Waals surface area contributed by atoms with E-state index in [4.69, 9.17) is 9.26 Å². The van der Waals surface area contributed by atoms with Crippen LogP contribution in [0.25, 0.3) is 0 Å². The van der Waals surface area contributed by atoms with Gasteiger partial charge in [0.05, 0.1) is 36.6 Å². The highest BCUT2D eigenvalue weighted by molar-refractivity contribution is 6.01. The Bertz CT molecular complexity index is 1040. The molecule has 0 spiro atoms. The number of aromatic nitrogens is 2. The maximum atomic E-state index is 13.2. The summed E-state index contributed by atoms with van der Waals surface area (Å²) in [5, 5.41) is 9.90. The van der Waals surface area contributed by atoms with Crippen molar-refractivity contribution in [2.75, 3.05) is 6.61 Å². The molecule has 0 aliphatic carbocycles. The minimum Gasteiger partial charge on any atom is -0.373 e. The van der Waals surface area contributed by atoms with Gasteiger partial charge in [0.15, 0.2) is 0 Å². The fourth-order valence-electron chi connectivity index (χ4n) is 3.84. The van der Waals surface area contributed by atoms with Crippen LogP contribution in [-0.2, 0) is 17.9 Å². The number of nitrogens with one attached hydrogen (secondary N) is 2. The van der Waals surface area contributed by atoms with E-state index < -0.39 is 0 Å². The first-order chi connectivity index (χ1) is 15.1. The fraction of sp³-hybridized carbons (Fsp3) is 0.348. The minimum absolute atomic E-state index is 0.107. The summed E-state index contributed by atoms with van der Waals surface area (Å²) >= 11 is 0. The first-order valence-electron chi connectivity index (χ1n) is 10.5. The van der Waals surface area contributed by atoms with Gasteiger partial charge in [-0.1, -0.05) is 42.4 Å². The van der Waals surface area contributed by atoms with Crippen molar-refractivity contribution in [3.8, 4) is 0 Å². The van der Waals surface area contributed by atoms with Crippen molar-refractivity contribution in [2.24, 2.45) is 0 Å². The SMILES string of the molecule is CC[C@@H](NC(=O)c1cc(C(=O)NC(C)c2ccon2)c2n1CCOC2)c1ccccc1. The number of hydrogen-bond donors (Lipinski definition) is 2. The molecular weight excluding hydrogens is 396 g/mol. The second kappa shape index (κ2) is 9.18. The van der Waals surface area contributed by atoms with Gasteiger partial charge in [0.2, 0.25) is 0 Å². The van der Waals surface area contributed by atoms with E-state index in [1.165, 1.54) is 6.26 Å². The van der Waals surface area contributed by atoms with Gasteiger partial charge in [-0.2, -0.15) is 0 Å². The summed E-state index contributed by atoms with van der Waals surface area (Å²) in [6.45, 7) is 5.16. The van der Waals surface area contributed by atoms with Crippen molar-refractivity contribution in [3.05, 3.63) is 76.9 Å². The van der Waals surface area contributed by atoms with E-state index in [1.807, 2.05) is 48.7 Å². The summed E-state index contributed by atoms with van der Waals surface area (Å²) in [6, 6.07) is 12.8. The van der Waals surface area contributed by atoms with Crippen LogP contribution in [0, 0.1) is 0 Å². The van der Waals surface area contributed by atoms with Crippen LogP contribution in [0.3, 0.4) is 0 Å². The molecule has 1 aromatic carbocycles. The Balaban J connectivity index is 1.57. The summed E-state index contributed by atoms with van der Waals surface area (Å²) in [7, 11) is 0. The predicted octanol–water partition coefficient (Wildman–Crippen LogP) is 3.38. The number of hydrogen-bond acceptors (Lipinski definition) is 5. The van der Waals surface area contributed by atoms with Gasteiger partial charge in [-0.3, -0.25) is 9.59 Å². The molecule has 4 rings (SSSR count). The molecular formula is C23H26N4O4. The number of carbonyl (C=O) groups is 2. The van der Waals surface area contributed by atoms with Crippen molar-refractivity contribution in [1.82, 2.24) is 20.4 Å². The highest BCUT2D eigenvalue weighted by Gasteiger charge is 2.28. The Labute approximate surface area is 180 Å². The van der Waals surface area contributed by atoms with Crippen LogP contribution in [0.15, 0.2) is 53.3 Å². The van der Waals surface area contributed by atoms with Crippen molar-refractivity contribution in [1.29, 1.82) is 0 Å². The third kappa shape index (κ3) is 4.39. The van der Waals surface area contributed by atoms with Crippen LogP contribution in [0.4, 0.5) is 0 Å². The average molecular weight is 422 g/mol. The number of amides is 2. The zero-order chi connectivity index (χ0) is 21.8. The summed E-state index contributed by atoms with van der Waals surface area (Å²) in [5.74, 6) is -0.485. The number of nitrogens with zero attached hydrogens (tertiary/aromatic N) is 2. The molecule has 1 unspecified atom stereocenters. The van der Waals surface area contributed by atoms with Crippen molar-refractivity contribution < 1.29 is 18.8 Å². The molecule has 162 valence electrons. The lowest BCUT2D eigenvalue weighted by Gasteiger charge is -2.21. The number of benzene rings is 1. The van der Waals surface area contributed by atoms with E-state index in [1.54, 1.807) is 12.1 Å². The second-order valence-corrected chi connectivity index (χ2v) is 7.56. The van der Waals surface area contributed by atoms with Crippen molar-refractivity contribution >= 4 is 11.8 Å². The van der Waals surface area contributed by atoms with Crippen molar-refractivity contribution in [2.45, 2.75) is 45.5 Å². The molecule has 8 heteroatoms. The van der Waals surface area contributed by atoms with Gasteiger partial charge in [-0.05, 0) is 25.0 Å². The Morgan fingerprint density at radius 3 is 2.68 bits per heavy atom. The van der Waals surface area contributed by atoms with E-state index in [9.17, 15) is 9.59 Å². The average Bonchev–Trinajstić information content (AvgIpc) is 3.46. The second-order valence-electron chi connectivity index (χ2n) is 7.56. The third-order valence-corrected chi connectivity index (χ3v) is 5.55. The normalized spacial score (nSPS) is 15.0. The number of carbonyl (C=O) groups excluding carboxylic acids is 2. The van der Waals surface area contributed by atoms with Crippen LogP contribution in [0.2, 0.25) is 0 Å². The molecule has 0 bridgehead atoms. The molecule has 2 amide bonds. The van der Waals surface area contributed by atoms with Gasteiger partial charge in [-0.15, -0.1) is 0 Å². The highest BCUT2D eigenvalue weighted by Crippen LogP contribution is 2.24. The first kappa shape index (κ1) is 20.9. The molecule has 0 saturated heterocycles. The van der Waals surface area contributed by atoms with E-state index >= 15 is 0 Å². The van der Waals surface area contributed by atoms with Crippen LogP contribution in [-0.4, -0.2) is 28.1 Å². The van der Waals surface area contributed by atoms with E-state index in [-0.39, 0.29) is 30.5 Å². The molecule has 3 aromatic rings. The van der Waals surface area contributed by atoms with Crippen molar-refractivity contribution in [3.63, 3.8) is 0 Å². The minimum atomic E-state index is -0.328. The molecule has 3 heterocycles. The van der Waals surface area contributed by atoms with E-state index in [0.717, 1.165) is 12.0 Å². The van der Waals surface area contributed by atoms with Gasteiger partial charge >= 0.3 is 0 Å². The van der Waals surface area contributed by atoms with Crippen LogP contribution >= 0.6 is 0 Å². The first-order valence-corrected chi connectivity index (χ1v) is 10.5. The highest BCUT2D eigenvalue weighted by atomic mass is 16.5. The maximum absolute atomic E-state index is 13.2. The predicted molar refractivity (Wildman–Crippen MR) is 113 cm³/mol. The maximum Gasteiger partial charge on any atom is 0.268 e. The molecule has 1 aliphatic heterocycles. The Morgan fingerprint density at radius 1 is 1.16 bits per heavy atom. The molecule has 0 saturated carbocycles. The van der Waals surface area contributed by atoms with Gasteiger partial charge in [0.25, 0.3) is 11.8 Å². The molecule has 1 aliphatic rings. The van der Waals surface area contributed by atoms with Crippen LogP contribution in [0.1, 0.15) is 70.1 Å². The smallest absolute Gasteiger partial charge is 0.268 e. The summed E-state index contributed by atoms with van der Waals surface area (Å²) in [5.41, 5.74) is 3.28. The lowest BCUT2D eigenvalue weighted by Crippen LogP contribution is -2.31. The van der Waals surface area contributed by atoms with E-state index in [2.05, 4.69) is 15.8 Å². The molecule has 2 atom stereocenters. The lowest BCUT2D eigenvalue weighted by molar-refractivity contribution is 0.0773. The summed E-state index contributed by atoms with van der Waals surface area (Å²) in [6.07, 6.45) is 2.22. The fourth-order valence-corrected chi connectivity index (χ4v) is 3.84. The Kier molecular flexibility index (Phi) is 6.18. The van der Waals surface area contributed by atoms with Gasteiger partial charge < -0.3 is 24.5 Å². The van der Waals surface area contributed by atoms with E-state index in [0.29, 0.717) is 35.8 Å². The zero-order valence-electron chi connectivity index (χ0n) is 17.6. The zero-order valence-corrected chi connectivity index (χ0v) is 17.6. The molecule has 0 radical (unpaired) electrons. The van der Waals surface area contributed by atoms with Gasteiger partial charge in [-0.25, -0.2) is 0 Å². The molecule has 2 aromatic heterocycles. The largest absolute Gasteiger partial charge is 0.373 e. The standard InChI is InChI=1S/C23H26N4O4/c1-3-18(16-7-5-4-6-8-16)25-23(29)20-13-17(21-14-30-12-10-27(20)21)22(28)24-15(2)19-9-11-31-26-19/h4-9,11,13,15,18H,3,10,12,14H2,1-2H3,(H,24,28)(H,25,29)/t15?,18-/m1/s1. The Hall–Kier alpha value is -3.39. The van der Waals surface area contributed by atoms with Gasteiger partial charge in [0, 0.05) is 12.6 Å². The number of rotatable bonds is 7. The molecule has 8 nitrogen and oxygen atoms in total. The third-order valence-electron chi connectivity index (χ3n) is 5.55. The molecule has 0 fully saturated rings. The van der Waals surface area contributed by atoms with Crippen LogP contribution < -0.4 is 10.6 Å². The quantitative estimate of drug-likeness (QED) is 0.608. The van der Waals surface area contributed by atoms with Crippen LogP contribution in [0.5, 0.6) is 0 Å². The molecule has 2 N–H and O–H groups in total. The summed E-state index contributed by atoms with van der Waals surface area (Å²) in [4.78, 5) is 26.2.